The van der Waals surface area contributed by atoms with Crippen molar-refractivity contribution in [2.75, 3.05) is 25.5 Å². The van der Waals surface area contributed by atoms with Crippen molar-refractivity contribution in [2.45, 2.75) is 25.7 Å². The first-order valence-electron chi connectivity index (χ1n) is 10.9. The van der Waals surface area contributed by atoms with Crippen molar-refractivity contribution < 1.29 is 9.53 Å². The van der Waals surface area contributed by atoms with Gasteiger partial charge in [0.05, 0.1) is 29.7 Å². The van der Waals surface area contributed by atoms with E-state index >= 15 is 0 Å². The number of amides is 1. The molecule has 2 atom stereocenters. The number of allylic oxidation sites excluding steroid dienone is 2. The lowest BCUT2D eigenvalue weighted by Crippen LogP contribution is -2.33. The molecule has 0 spiro atoms. The lowest BCUT2D eigenvalue weighted by molar-refractivity contribution is -0.121. The molecule has 0 radical (unpaired) electrons. The SMILES string of the molecule is COc1ccc2nccc(NC(=O)C3CCCC(CNCC4=CC(=N)C(=N)C=C4)C3)c2n1. The molecule has 1 amide bonds. The number of fused-ring (bicyclic) bond motifs is 1. The second-order valence-corrected chi connectivity index (χ2v) is 8.31. The number of nitrogens with one attached hydrogen (secondary N) is 4. The van der Waals surface area contributed by atoms with Crippen molar-refractivity contribution in [3.05, 3.63) is 48.2 Å². The van der Waals surface area contributed by atoms with Gasteiger partial charge in [-0.05, 0) is 61.6 Å². The second kappa shape index (κ2) is 9.82. The quantitative estimate of drug-likeness (QED) is 0.499. The Morgan fingerprint density at radius 3 is 2.88 bits per heavy atom. The van der Waals surface area contributed by atoms with Crippen LogP contribution in [0.5, 0.6) is 5.88 Å². The Balaban J connectivity index is 1.33. The van der Waals surface area contributed by atoms with Crippen LogP contribution in [0.2, 0.25) is 0 Å². The predicted octanol–water partition coefficient (Wildman–Crippen LogP) is 3.51. The van der Waals surface area contributed by atoms with Gasteiger partial charge in [-0.1, -0.05) is 12.5 Å². The summed E-state index contributed by atoms with van der Waals surface area (Å²) >= 11 is 0. The van der Waals surface area contributed by atoms with Crippen LogP contribution in [0.4, 0.5) is 5.69 Å². The minimum absolute atomic E-state index is 0.0247. The highest BCUT2D eigenvalue weighted by Gasteiger charge is 2.27. The zero-order chi connectivity index (χ0) is 22.5. The maximum absolute atomic E-state index is 13.0. The van der Waals surface area contributed by atoms with Crippen molar-refractivity contribution >= 4 is 34.1 Å². The summed E-state index contributed by atoms with van der Waals surface area (Å²) in [6.07, 6.45) is 10.8. The Bertz CT molecular complexity index is 1110. The molecule has 1 fully saturated rings. The number of pyridine rings is 2. The third-order valence-corrected chi connectivity index (χ3v) is 6.03. The van der Waals surface area contributed by atoms with Crippen LogP contribution in [-0.4, -0.2) is 47.5 Å². The summed E-state index contributed by atoms with van der Waals surface area (Å²) in [5.41, 5.74) is 3.48. The summed E-state index contributed by atoms with van der Waals surface area (Å²) in [7, 11) is 1.56. The van der Waals surface area contributed by atoms with Crippen LogP contribution < -0.4 is 15.4 Å². The highest BCUT2D eigenvalue weighted by atomic mass is 16.5. The van der Waals surface area contributed by atoms with E-state index in [1.54, 1.807) is 37.6 Å². The molecule has 32 heavy (non-hydrogen) atoms. The molecular weight excluding hydrogens is 404 g/mol. The molecule has 0 aromatic carbocycles. The summed E-state index contributed by atoms with van der Waals surface area (Å²) in [6.45, 7) is 1.49. The van der Waals surface area contributed by atoms with Gasteiger partial charge in [0, 0.05) is 24.7 Å². The van der Waals surface area contributed by atoms with Gasteiger partial charge in [0.25, 0.3) is 0 Å². The smallest absolute Gasteiger partial charge is 0.227 e. The lowest BCUT2D eigenvalue weighted by atomic mass is 9.81. The van der Waals surface area contributed by atoms with E-state index in [2.05, 4.69) is 20.6 Å². The van der Waals surface area contributed by atoms with E-state index in [0.717, 1.165) is 37.8 Å². The number of aromatic nitrogens is 2. The molecule has 0 bridgehead atoms. The Labute approximate surface area is 187 Å². The first kappa shape index (κ1) is 21.8. The number of anilines is 1. The Morgan fingerprint density at radius 2 is 2.06 bits per heavy atom. The van der Waals surface area contributed by atoms with Gasteiger partial charge >= 0.3 is 0 Å². The van der Waals surface area contributed by atoms with Crippen LogP contribution in [-0.2, 0) is 4.79 Å². The minimum Gasteiger partial charge on any atom is -0.481 e. The molecule has 2 aromatic rings. The molecule has 2 unspecified atom stereocenters. The summed E-state index contributed by atoms with van der Waals surface area (Å²) in [4.78, 5) is 21.8. The van der Waals surface area contributed by atoms with Crippen molar-refractivity contribution in [1.82, 2.24) is 15.3 Å². The molecule has 2 heterocycles. The largest absolute Gasteiger partial charge is 0.481 e. The molecule has 1 saturated carbocycles. The van der Waals surface area contributed by atoms with Gasteiger partial charge in [0.1, 0.15) is 5.52 Å². The molecular formula is C24H28N6O2. The average molecular weight is 433 g/mol. The maximum atomic E-state index is 13.0. The van der Waals surface area contributed by atoms with Gasteiger partial charge in [0.2, 0.25) is 11.8 Å². The first-order valence-corrected chi connectivity index (χ1v) is 10.9. The van der Waals surface area contributed by atoms with Crippen molar-refractivity contribution in [3.8, 4) is 5.88 Å². The normalized spacial score (nSPS) is 20.8. The van der Waals surface area contributed by atoms with Crippen LogP contribution in [0.1, 0.15) is 25.7 Å². The van der Waals surface area contributed by atoms with Gasteiger partial charge in [-0.25, -0.2) is 4.98 Å². The number of rotatable bonds is 7. The molecule has 0 saturated heterocycles. The Hall–Kier alpha value is -3.39. The minimum atomic E-state index is -0.0354. The average Bonchev–Trinajstić information content (AvgIpc) is 2.81. The maximum Gasteiger partial charge on any atom is 0.227 e. The lowest BCUT2D eigenvalue weighted by Gasteiger charge is -2.28. The van der Waals surface area contributed by atoms with E-state index in [4.69, 9.17) is 15.6 Å². The zero-order valence-electron chi connectivity index (χ0n) is 18.1. The van der Waals surface area contributed by atoms with Crippen molar-refractivity contribution in [1.29, 1.82) is 10.8 Å². The van der Waals surface area contributed by atoms with Crippen LogP contribution in [0.15, 0.2) is 48.2 Å². The van der Waals surface area contributed by atoms with Gasteiger partial charge < -0.3 is 15.4 Å². The van der Waals surface area contributed by atoms with E-state index in [1.807, 2.05) is 12.1 Å². The fraction of sp³-hybridized carbons (Fsp3) is 0.375. The highest BCUT2D eigenvalue weighted by molar-refractivity contribution is 6.49. The molecule has 166 valence electrons. The summed E-state index contributed by atoms with van der Waals surface area (Å²) in [5, 5.41) is 21.9. The van der Waals surface area contributed by atoms with E-state index in [1.165, 1.54) is 0 Å². The Kier molecular flexibility index (Phi) is 6.70. The number of nitrogens with zero attached hydrogens (tertiary/aromatic N) is 2. The summed E-state index contributed by atoms with van der Waals surface area (Å²) in [5.74, 6) is 0.904. The Morgan fingerprint density at radius 1 is 1.19 bits per heavy atom. The standard InChI is InChI=1S/C24H28N6O2/c1-32-22-8-7-20-23(30-22)21(9-10-28-20)29-24(31)17-4-2-3-15(11-17)13-27-14-16-5-6-18(25)19(26)12-16/h5-10,12,15,17,25-27H,2-4,11,13-14H2,1H3,(H,28,29,31). The van der Waals surface area contributed by atoms with E-state index < -0.39 is 0 Å². The van der Waals surface area contributed by atoms with Crippen LogP contribution in [0.3, 0.4) is 0 Å². The molecule has 0 aliphatic heterocycles. The van der Waals surface area contributed by atoms with Crippen LogP contribution in [0, 0.1) is 22.7 Å². The third kappa shape index (κ3) is 5.08. The second-order valence-electron chi connectivity index (χ2n) is 8.31. The molecule has 8 nitrogen and oxygen atoms in total. The van der Waals surface area contributed by atoms with E-state index in [-0.39, 0.29) is 23.2 Å². The molecule has 2 aliphatic rings. The van der Waals surface area contributed by atoms with Crippen LogP contribution in [0.25, 0.3) is 11.0 Å². The fourth-order valence-corrected chi connectivity index (χ4v) is 4.29. The number of hydrogen-bond donors (Lipinski definition) is 4. The number of methoxy groups -OCH3 is 1. The number of carbonyl (C=O) groups is 1. The number of carbonyl (C=O) groups excluding carboxylic acids is 1. The molecule has 8 heteroatoms. The fourth-order valence-electron chi connectivity index (χ4n) is 4.29. The van der Waals surface area contributed by atoms with Crippen LogP contribution >= 0.6 is 0 Å². The van der Waals surface area contributed by atoms with Crippen molar-refractivity contribution in [2.24, 2.45) is 11.8 Å². The summed E-state index contributed by atoms with van der Waals surface area (Å²) < 4.78 is 5.22. The van der Waals surface area contributed by atoms with Gasteiger partial charge in [0.15, 0.2) is 0 Å². The predicted molar refractivity (Wildman–Crippen MR) is 126 cm³/mol. The monoisotopic (exact) mass is 432 g/mol. The first-order chi connectivity index (χ1) is 15.5. The summed E-state index contributed by atoms with van der Waals surface area (Å²) in [6, 6.07) is 5.36. The van der Waals surface area contributed by atoms with Crippen molar-refractivity contribution in [3.63, 3.8) is 0 Å². The molecule has 2 aliphatic carbocycles. The van der Waals surface area contributed by atoms with Gasteiger partial charge in [-0.2, -0.15) is 0 Å². The van der Waals surface area contributed by atoms with Gasteiger partial charge in [-0.3, -0.25) is 20.6 Å². The van der Waals surface area contributed by atoms with Gasteiger partial charge in [-0.15, -0.1) is 0 Å². The molecule has 2 aromatic heterocycles. The van der Waals surface area contributed by atoms with E-state index in [0.29, 0.717) is 35.1 Å². The number of ether oxygens (including phenoxy) is 1. The highest BCUT2D eigenvalue weighted by Crippen LogP contribution is 2.30. The van der Waals surface area contributed by atoms with E-state index in [9.17, 15) is 4.79 Å². The third-order valence-electron chi connectivity index (χ3n) is 6.03. The zero-order valence-corrected chi connectivity index (χ0v) is 18.1. The molecule has 4 N–H and O–H groups in total. The molecule has 4 rings (SSSR count). The topological polar surface area (TPSA) is 124 Å². The number of hydrogen-bond acceptors (Lipinski definition) is 7.